The minimum Gasteiger partial charge on any atom is -0.324 e. The lowest BCUT2D eigenvalue weighted by Gasteiger charge is -2.12. The monoisotopic (exact) mass is 294 g/mol. The highest BCUT2D eigenvalue weighted by atomic mass is 32.2. The van der Waals surface area contributed by atoms with Crippen molar-refractivity contribution in [1.29, 1.82) is 0 Å². The minimum absolute atomic E-state index is 0.0189. The molecule has 3 rings (SSSR count). The van der Waals surface area contributed by atoms with Crippen molar-refractivity contribution in [3.8, 4) is 0 Å². The third-order valence-corrected chi connectivity index (χ3v) is 4.37. The Hall–Kier alpha value is -1.84. The van der Waals surface area contributed by atoms with Crippen LogP contribution in [0.2, 0.25) is 0 Å². The smallest absolute Gasteiger partial charge is 0.0705 e. The fourth-order valence-corrected chi connectivity index (χ4v) is 2.82. The number of hydrogen-bond donors (Lipinski definition) is 1. The molecule has 0 aliphatic heterocycles. The molecule has 1 heterocycles. The Balaban J connectivity index is 1.79. The summed E-state index contributed by atoms with van der Waals surface area (Å²) in [6.45, 7) is 0. The summed E-state index contributed by atoms with van der Waals surface area (Å²) in [6.07, 6.45) is 2.83. The van der Waals surface area contributed by atoms with Crippen molar-refractivity contribution >= 4 is 22.7 Å². The molecule has 1 atom stereocenters. The van der Waals surface area contributed by atoms with E-state index in [2.05, 4.69) is 48.7 Å². The van der Waals surface area contributed by atoms with Gasteiger partial charge in [-0.15, -0.1) is 11.8 Å². The molecule has 0 saturated carbocycles. The highest BCUT2D eigenvalue weighted by molar-refractivity contribution is 7.98. The van der Waals surface area contributed by atoms with Gasteiger partial charge in [0.15, 0.2) is 0 Å². The molecule has 0 amide bonds. The molecule has 0 fully saturated rings. The standard InChI is InChI=1S/C18H18N2S/c1-21-16-10-7-13(8-11-16)17(19)12-15-9-6-14-4-2-3-5-18(14)20-15/h2-11,17H,12,19H2,1H3. The average Bonchev–Trinajstić information content (AvgIpc) is 2.55. The number of aromatic nitrogens is 1. The van der Waals surface area contributed by atoms with Crippen molar-refractivity contribution in [3.05, 3.63) is 71.9 Å². The first-order chi connectivity index (χ1) is 10.3. The number of thioether (sulfide) groups is 1. The van der Waals surface area contributed by atoms with Gasteiger partial charge >= 0.3 is 0 Å². The minimum atomic E-state index is -0.0189. The molecule has 21 heavy (non-hydrogen) atoms. The van der Waals surface area contributed by atoms with Gasteiger partial charge in [-0.1, -0.05) is 36.4 Å². The van der Waals surface area contributed by atoms with Crippen LogP contribution in [-0.2, 0) is 6.42 Å². The third kappa shape index (κ3) is 3.26. The molecule has 0 spiro atoms. The SMILES string of the molecule is CSc1ccc(C(N)Cc2ccc3ccccc3n2)cc1. The van der Waals surface area contributed by atoms with Gasteiger partial charge in [-0.25, -0.2) is 0 Å². The number of nitrogens with two attached hydrogens (primary N) is 1. The quantitative estimate of drug-likeness (QED) is 0.733. The van der Waals surface area contributed by atoms with Crippen LogP contribution in [0.1, 0.15) is 17.3 Å². The van der Waals surface area contributed by atoms with E-state index in [1.165, 1.54) is 10.3 Å². The van der Waals surface area contributed by atoms with Crippen LogP contribution in [0.15, 0.2) is 65.6 Å². The van der Waals surface area contributed by atoms with Crippen LogP contribution in [0.4, 0.5) is 0 Å². The zero-order chi connectivity index (χ0) is 14.7. The molecule has 0 aliphatic carbocycles. The summed E-state index contributed by atoms with van der Waals surface area (Å²) in [5.74, 6) is 0. The van der Waals surface area contributed by atoms with Crippen molar-refractivity contribution in [1.82, 2.24) is 4.98 Å². The van der Waals surface area contributed by atoms with E-state index >= 15 is 0 Å². The van der Waals surface area contributed by atoms with Gasteiger partial charge in [-0.05, 0) is 36.1 Å². The maximum Gasteiger partial charge on any atom is 0.0705 e. The first-order valence-electron chi connectivity index (χ1n) is 7.00. The number of rotatable bonds is 4. The molecule has 3 aromatic rings. The zero-order valence-corrected chi connectivity index (χ0v) is 12.8. The first-order valence-corrected chi connectivity index (χ1v) is 8.23. The van der Waals surface area contributed by atoms with Crippen LogP contribution in [0.25, 0.3) is 10.9 Å². The third-order valence-electron chi connectivity index (χ3n) is 3.63. The number of hydrogen-bond acceptors (Lipinski definition) is 3. The lowest BCUT2D eigenvalue weighted by Crippen LogP contribution is -2.14. The summed E-state index contributed by atoms with van der Waals surface area (Å²) in [6, 6.07) is 20.8. The van der Waals surface area contributed by atoms with Crippen molar-refractivity contribution < 1.29 is 0 Å². The van der Waals surface area contributed by atoms with Gasteiger partial charge in [-0.2, -0.15) is 0 Å². The molecule has 2 aromatic carbocycles. The molecule has 106 valence electrons. The van der Waals surface area contributed by atoms with Crippen molar-refractivity contribution in [2.24, 2.45) is 5.73 Å². The summed E-state index contributed by atoms with van der Waals surface area (Å²) in [5, 5.41) is 1.17. The van der Waals surface area contributed by atoms with Gasteiger partial charge in [0.25, 0.3) is 0 Å². The molecule has 0 radical (unpaired) electrons. The topological polar surface area (TPSA) is 38.9 Å². The second kappa shape index (κ2) is 6.29. The molecule has 0 saturated heterocycles. The van der Waals surface area contributed by atoms with Gasteiger partial charge in [0.1, 0.15) is 0 Å². The molecule has 1 unspecified atom stereocenters. The molecular weight excluding hydrogens is 276 g/mol. The van der Waals surface area contributed by atoms with E-state index in [-0.39, 0.29) is 6.04 Å². The van der Waals surface area contributed by atoms with E-state index in [0.29, 0.717) is 0 Å². The van der Waals surface area contributed by atoms with E-state index in [1.54, 1.807) is 11.8 Å². The van der Waals surface area contributed by atoms with Crippen molar-refractivity contribution in [2.75, 3.05) is 6.26 Å². The lowest BCUT2D eigenvalue weighted by atomic mass is 10.0. The molecule has 0 aliphatic rings. The number of fused-ring (bicyclic) bond motifs is 1. The molecule has 2 N–H and O–H groups in total. The van der Waals surface area contributed by atoms with Crippen molar-refractivity contribution in [3.63, 3.8) is 0 Å². The molecule has 2 nitrogen and oxygen atoms in total. The fraction of sp³-hybridized carbons (Fsp3) is 0.167. The van der Waals surface area contributed by atoms with E-state index in [9.17, 15) is 0 Å². The lowest BCUT2D eigenvalue weighted by molar-refractivity contribution is 0.708. The predicted octanol–water partition coefficient (Wildman–Crippen LogP) is 4.20. The van der Waals surface area contributed by atoms with Crippen LogP contribution in [0.3, 0.4) is 0 Å². The Kier molecular flexibility index (Phi) is 4.23. The maximum absolute atomic E-state index is 6.32. The zero-order valence-electron chi connectivity index (χ0n) is 12.0. The van der Waals surface area contributed by atoms with Crippen LogP contribution < -0.4 is 5.73 Å². The highest BCUT2D eigenvalue weighted by Crippen LogP contribution is 2.21. The van der Waals surface area contributed by atoms with Gasteiger partial charge in [0.05, 0.1) is 5.52 Å². The van der Waals surface area contributed by atoms with Crippen LogP contribution in [0.5, 0.6) is 0 Å². The Morgan fingerprint density at radius 3 is 2.52 bits per heavy atom. The highest BCUT2D eigenvalue weighted by Gasteiger charge is 2.08. The summed E-state index contributed by atoms with van der Waals surface area (Å²) in [7, 11) is 0. The second-order valence-electron chi connectivity index (χ2n) is 5.08. The van der Waals surface area contributed by atoms with E-state index in [1.807, 2.05) is 18.2 Å². The largest absolute Gasteiger partial charge is 0.324 e. The predicted molar refractivity (Wildman–Crippen MR) is 90.6 cm³/mol. The Labute approximate surface area is 129 Å². The van der Waals surface area contributed by atoms with Crippen LogP contribution in [-0.4, -0.2) is 11.2 Å². The average molecular weight is 294 g/mol. The van der Waals surface area contributed by atoms with Gasteiger partial charge in [0, 0.05) is 28.4 Å². The summed E-state index contributed by atoms with van der Waals surface area (Å²) in [4.78, 5) is 5.95. The Morgan fingerprint density at radius 1 is 1.00 bits per heavy atom. The maximum atomic E-state index is 6.32. The fourth-order valence-electron chi connectivity index (χ4n) is 2.42. The van der Waals surface area contributed by atoms with Gasteiger partial charge in [0.2, 0.25) is 0 Å². The van der Waals surface area contributed by atoms with Gasteiger partial charge < -0.3 is 5.73 Å². The molecular formula is C18H18N2S. The number of para-hydroxylation sites is 1. The normalized spacial score (nSPS) is 12.5. The summed E-state index contributed by atoms with van der Waals surface area (Å²) >= 11 is 1.74. The number of benzene rings is 2. The molecule has 1 aromatic heterocycles. The number of pyridine rings is 1. The number of nitrogens with zero attached hydrogens (tertiary/aromatic N) is 1. The van der Waals surface area contributed by atoms with Gasteiger partial charge in [-0.3, -0.25) is 4.98 Å². The van der Waals surface area contributed by atoms with E-state index in [4.69, 9.17) is 10.7 Å². The Bertz CT molecular complexity index is 738. The first kappa shape index (κ1) is 14.1. The molecule has 3 heteroatoms. The van der Waals surface area contributed by atoms with Crippen LogP contribution >= 0.6 is 11.8 Å². The molecule has 0 bridgehead atoms. The summed E-state index contributed by atoms with van der Waals surface area (Å²) in [5.41, 5.74) is 9.54. The van der Waals surface area contributed by atoms with Crippen LogP contribution in [0, 0.1) is 0 Å². The van der Waals surface area contributed by atoms with E-state index < -0.39 is 0 Å². The van der Waals surface area contributed by atoms with E-state index in [0.717, 1.165) is 23.2 Å². The van der Waals surface area contributed by atoms with Crippen molar-refractivity contribution in [2.45, 2.75) is 17.4 Å². The second-order valence-corrected chi connectivity index (χ2v) is 5.96. The summed E-state index contributed by atoms with van der Waals surface area (Å²) < 4.78 is 0. The Morgan fingerprint density at radius 2 is 1.76 bits per heavy atom.